The molecule has 0 aliphatic heterocycles. The van der Waals surface area contributed by atoms with Crippen LogP contribution < -0.4 is 0 Å². The average molecular weight is 239 g/mol. The molecule has 92 valence electrons. The smallest absolute Gasteiger partial charge is 0.168 e. The Kier molecular flexibility index (Phi) is 2.86. The second kappa shape index (κ2) is 4.52. The topological polar surface area (TPSA) is 30.0 Å². The molecule has 2 atom stereocenters. The van der Waals surface area contributed by atoms with Gasteiger partial charge in [0.1, 0.15) is 0 Å². The fourth-order valence-corrected chi connectivity index (χ4v) is 2.97. The van der Waals surface area contributed by atoms with Gasteiger partial charge in [-0.15, -0.1) is 0 Å². The Morgan fingerprint density at radius 1 is 1.22 bits per heavy atom. The predicted octanol–water partition coefficient (Wildman–Crippen LogP) is 3.85. The average Bonchev–Trinajstić information content (AvgIpc) is 2.84. The molecule has 0 spiro atoms. The van der Waals surface area contributed by atoms with E-state index in [1.165, 1.54) is 6.42 Å². The van der Waals surface area contributed by atoms with Crippen molar-refractivity contribution < 1.29 is 4.79 Å². The highest BCUT2D eigenvalue weighted by molar-refractivity contribution is 6.07. The second-order valence-corrected chi connectivity index (χ2v) is 5.36. The highest BCUT2D eigenvalue weighted by Crippen LogP contribution is 2.33. The fourth-order valence-electron chi connectivity index (χ4n) is 2.97. The summed E-state index contributed by atoms with van der Waals surface area (Å²) in [5.74, 6) is 1.16. The van der Waals surface area contributed by atoms with E-state index >= 15 is 0 Å². The first-order valence-corrected chi connectivity index (χ1v) is 6.63. The van der Waals surface area contributed by atoms with Gasteiger partial charge < -0.3 is 0 Å². The van der Waals surface area contributed by atoms with Gasteiger partial charge >= 0.3 is 0 Å². The molecule has 0 radical (unpaired) electrons. The van der Waals surface area contributed by atoms with E-state index in [2.05, 4.69) is 11.9 Å². The maximum atomic E-state index is 12.6. The number of aromatic nitrogens is 1. The Bertz CT molecular complexity index is 585. The molecule has 0 N–H and O–H groups in total. The van der Waals surface area contributed by atoms with Crippen LogP contribution in [0.5, 0.6) is 0 Å². The molecule has 2 heteroatoms. The molecule has 18 heavy (non-hydrogen) atoms. The van der Waals surface area contributed by atoms with Gasteiger partial charge in [-0.1, -0.05) is 25.1 Å². The normalized spacial score (nSPS) is 23.4. The zero-order valence-electron chi connectivity index (χ0n) is 10.6. The Labute approximate surface area is 107 Å². The van der Waals surface area contributed by atoms with Crippen molar-refractivity contribution in [3.8, 4) is 0 Å². The minimum Gasteiger partial charge on any atom is -0.294 e. The quantitative estimate of drug-likeness (QED) is 0.745. The van der Waals surface area contributed by atoms with Crippen LogP contribution in [0.2, 0.25) is 0 Å². The third-order valence-electron chi connectivity index (χ3n) is 3.96. The van der Waals surface area contributed by atoms with E-state index < -0.39 is 0 Å². The van der Waals surface area contributed by atoms with Gasteiger partial charge in [0.05, 0.1) is 5.52 Å². The van der Waals surface area contributed by atoms with Gasteiger partial charge in [-0.05, 0) is 37.3 Å². The van der Waals surface area contributed by atoms with Gasteiger partial charge in [0.25, 0.3) is 0 Å². The number of hydrogen-bond donors (Lipinski definition) is 0. The molecule has 1 aromatic carbocycles. The molecule has 2 aromatic rings. The van der Waals surface area contributed by atoms with Crippen molar-refractivity contribution in [3.05, 3.63) is 42.1 Å². The summed E-state index contributed by atoms with van der Waals surface area (Å²) >= 11 is 0. The lowest BCUT2D eigenvalue weighted by molar-refractivity contribution is 0.0922. The van der Waals surface area contributed by atoms with Gasteiger partial charge in [0.2, 0.25) is 0 Å². The lowest BCUT2D eigenvalue weighted by Crippen LogP contribution is -2.12. The number of carbonyl (C=O) groups excluding carboxylic acids is 1. The molecule has 1 aromatic heterocycles. The fraction of sp³-hybridized carbons (Fsp3) is 0.375. The van der Waals surface area contributed by atoms with E-state index in [-0.39, 0.29) is 11.7 Å². The molecule has 1 saturated carbocycles. The summed E-state index contributed by atoms with van der Waals surface area (Å²) in [7, 11) is 0. The first kappa shape index (κ1) is 11.4. The van der Waals surface area contributed by atoms with Crippen molar-refractivity contribution in [2.24, 2.45) is 11.8 Å². The molecule has 0 amide bonds. The van der Waals surface area contributed by atoms with E-state index in [1.54, 1.807) is 6.20 Å². The molecular weight excluding hydrogens is 222 g/mol. The van der Waals surface area contributed by atoms with Crippen LogP contribution in [0.1, 0.15) is 36.5 Å². The number of pyridine rings is 1. The highest BCUT2D eigenvalue weighted by atomic mass is 16.1. The number of para-hydroxylation sites is 1. The van der Waals surface area contributed by atoms with Gasteiger partial charge in [-0.2, -0.15) is 0 Å². The predicted molar refractivity (Wildman–Crippen MR) is 72.6 cm³/mol. The lowest BCUT2D eigenvalue weighted by atomic mass is 9.94. The van der Waals surface area contributed by atoms with Crippen LogP contribution in [0.25, 0.3) is 10.9 Å². The van der Waals surface area contributed by atoms with Crippen LogP contribution in [0, 0.1) is 11.8 Å². The van der Waals surface area contributed by atoms with Gasteiger partial charge in [0.15, 0.2) is 5.78 Å². The summed E-state index contributed by atoms with van der Waals surface area (Å²) in [4.78, 5) is 16.9. The van der Waals surface area contributed by atoms with Crippen LogP contribution in [0.3, 0.4) is 0 Å². The summed E-state index contributed by atoms with van der Waals surface area (Å²) in [6, 6.07) is 9.80. The molecule has 2 nitrogen and oxygen atoms in total. The summed E-state index contributed by atoms with van der Waals surface area (Å²) in [5.41, 5.74) is 1.65. The van der Waals surface area contributed by atoms with E-state index in [1.807, 2.05) is 30.3 Å². The molecule has 0 bridgehead atoms. The van der Waals surface area contributed by atoms with E-state index in [4.69, 9.17) is 0 Å². The standard InChI is InChI=1S/C16H17NO/c1-11-7-8-13(10-11)16(18)14-6-2-4-12-5-3-9-17-15(12)14/h2-6,9,11,13H,7-8,10H2,1H3. The minimum atomic E-state index is 0.201. The van der Waals surface area contributed by atoms with Crippen LogP contribution in [-0.2, 0) is 0 Å². The summed E-state index contributed by atoms with van der Waals surface area (Å²) in [5, 5.41) is 1.05. The number of fused-ring (bicyclic) bond motifs is 1. The van der Waals surface area contributed by atoms with Crippen molar-refractivity contribution in [1.82, 2.24) is 4.98 Å². The first-order chi connectivity index (χ1) is 8.75. The molecular formula is C16H17NO. The van der Waals surface area contributed by atoms with E-state index in [0.717, 1.165) is 29.3 Å². The largest absolute Gasteiger partial charge is 0.294 e. The number of hydrogen-bond acceptors (Lipinski definition) is 2. The summed E-state index contributed by atoms with van der Waals surface area (Å²) in [6.07, 6.45) is 5.00. The number of nitrogens with zero attached hydrogens (tertiary/aromatic N) is 1. The SMILES string of the molecule is CC1CCC(C(=O)c2cccc3cccnc23)C1. The van der Waals surface area contributed by atoms with Gasteiger partial charge in [0, 0.05) is 23.1 Å². The zero-order valence-corrected chi connectivity index (χ0v) is 10.6. The molecule has 1 fully saturated rings. The Morgan fingerprint density at radius 3 is 2.83 bits per heavy atom. The Morgan fingerprint density at radius 2 is 2.06 bits per heavy atom. The summed E-state index contributed by atoms with van der Waals surface area (Å²) in [6.45, 7) is 2.23. The lowest BCUT2D eigenvalue weighted by Gasteiger charge is -2.10. The number of carbonyl (C=O) groups is 1. The summed E-state index contributed by atoms with van der Waals surface area (Å²) < 4.78 is 0. The van der Waals surface area contributed by atoms with Crippen LogP contribution in [-0.4, -0.2) is 10.8 Å². The van der Waals surface area contributed by atoms with Gasteiger partial charge in [-0.3, -0.25) is 9.78 Å². The molecule has 1 aliphatic rings. The molecule has 1 aliphatic carbocycles. The van der Waals surface area contributed by atoms with Crippen molar-refractivity contribution >= 4 is 16.7 Å². The third kappa shape index (κ3) is 1.92. The van der Waals surface area contributed by atoms with Gasteiger partial charge in [-0.25, -0.2) is 0 Å². The molecule has 1 heterocycles. The minimum absolute atomic E-state index is 0.201. The van der Waals surface area contributed by atoms with Crippen LogP contribution in [0.4, 0.5) is 0 Å². The number of ketones is 1. The second-order valence-electron chi connectivity index (χ2n) is 5.36. The molecule has 3 rings (SSSR count). The van der Waals surface area contributed by atoms with Crippen molar-refractivity contribution in [3.63, 3.8) is 0 Å². The Balaban J connectivity index is 2.01. The monoisotopic (exact) mass is 239 g/mol. The van der Waals surface area contributed by atoms with Crippen molar-refractivity contribution in [2.45, 2.75) is 26.2 Å². The molecule has 2 unspecified atom stereocenters. The van der Waals surface area contributed by atoms with Crippen molar-refractivity contribution in [2.75, 3.05) is 0 Å². The van der Waals surface area contributed by atoms with E-state index in [0.29, 0.717) is 5.92 Å². The Hall–Kier alpha value is -1.70. The highest BCUT2D eigenvalue weighted by Gasteiger charge is 2.29. The first-order valence-electron chi connectivity index (χ1n) is 6.63. The van der Waals surface area contributed by atoms with Crippen LogP contribution >= 0.6 is 0 Å². The molecule has 0 saturated heterocycles. The zero-order chi connectivity index (χ0) is 12.5. The maximum Gasteiger partial charge on any atom is 0.168 e. The number of Topliss-reactive ketones (excluding diaryl/α,β-unsaturated/α-hetero) is 1. The van der Waals surface area contributed by atoms with Crippen molar-refractivity contribution in [1.29, 1.82) is 0 Å². The van der Waals surface area contributed by atoms with Crippen LogP contribution in [0.15, 0.2) is 36.5 Å². The number of rotatable bonds is 2. The third-order valence-corrected chi connectivity index (χ3v) is 3.96. The maximum absolute atomic E-state index is 12.6. The number of benzene rings is 1. The van der Waals surface area contributed by atoms with E-state index in [9.17, 15) is 4.79 Å².